The zero-order chi connectivity index (χ0) is 15.4. The van der Waals surface area contributed by atoms with Gasteiger partial charge in [-0.05, 0) is 48.7 Å². The van der Waals surface area contributed by atoms with Crippen LogP contribution in [0.2, 0.25) is 0 Å². The average molecular weight is 348 g/mol. The average Bonchev–Trinajstić information content (AvgIpc) is 2.43. The summed E-state index contributed by atoms with van der Waals surface area (Å²) >= 11 is 3.62. The lowest BCUT2D eigenvalue weighted by atomic mass is 10.1. The van der Waals surface area contributed by atoms with Crippen molar-refractivity contribution in [3.8, 4) is 11.5 Å². The number of ether oxygens (including phenoxy) is 1. The summed E-state index contributed by atoms with van der Waals surface area (Å²) in [5.74, 6) is 1.76. The minimum absolute atomic E-state index is 0.475. The first-order valence-corrected chi connectivity index (χ1v) is 8.02. The fourth-order valence-electron chi connectivity index (χ4n) is 2.01. The van der Waals surface area contributed by atoms with E-state index in [0.29, 0.717) is 6.04 Å². The van der Waals surface area contributed by atoms with Crippen molar-refractivity contribution in [3.63, 3.8) is 0 Å². The highest BCUT2D eigenvalue weighted by atomic mass is 79.9. The van der Waals surface area contributed by atoms with E-state index in [9.17, 15) is 0 Å². The van der Waals surface area contributed by atoms with Crippen LogP contribution in [0.1, 0.15) is 30.5 Å². The molecule has 0 spiro atoms. The van der Waals surface area contributed by atoms with Crippen LogP contribution in [0, 0.1) is 13.8 Å². The lowest BCUT2D eigenvalue weighted by molar-refractivity contribution is 0.477. The Hall–Kier alpha value is -1.32. The topological polar surface area (TPSA) is 21.3 Å². The predicted octanol–water partition coefficient (Wildman–Crippen LogP) is 5.36. The van der Waals surface area contributed by atoms with Crippen LogP contribution in [0.3, 0.4) is 0 Å². The SMILES string of the molecule is Cc1cccc(Oc2ccc(CNC(C)C)c(Br)c2)c1C. The monoisotopic (exact) mass is 347 g/mol. The van der Waals surface area contributed by atoms with Crippen LogP contribution in [0.4, 0.5) is 0 Å². The van der Waals surface area contributed by atoms with Crippen molar-refractivity contribution in [1.82, 2.24) is 5.32 Å². The molecule has 1 N–H and O–H groups in total. The largest absolute Gasteiger partial charge is 0.457 e. The van der Waals surface area contributed by atoms with Crippen molar-refractivity contribution in [1.29, 1.82) is 0 Å². The molecule has 112 valence electrons. The first-order chi connectivity index (χ1) is 9.97. The summed E-state index contributed by atoms with van der Waals surface area (Å²) in [5.41, 5.74) is 3.65. The molecule has 0 bridgehead atoms. The molecule has 2 aromatic carbocycles. The second-order valence-electron chi connectivity index (χ2n) is 5.59. The summed E-state index contributed by atoms with van der Waals surface area (Å²) in [6.07, 6.45) is 0. The minimum atomic E-state index is 0.475. The van der Waals surface area contributed by atoms with Crippen molar-refractivity contribution in [2.75, 3.05) is 0 Å². The molecule has 3 heteroatoms. The van der Waals surface area contributed by atoms with Gasteiger partial charge in [-0.2, -0.15) is 0 Å². The van der Waals surface area contributed by atoms with E-state index >= 15 is 0 Å². The van der Waals surface area contributed by atoms with Gasteiger partial charge in [0.05, 0.1) is 0 Å². The van der Waals surface area contributed by atoms with Gasteiger partial charge in [0.25, 0.3) is 0 Å². The lowest BCUT2D eigenvalue weighted by Crippen LogP contribution is -2.21. The van der Waals surface area contributed by atoms with Crippen molar-refractivity contribution in [2.24, 2.45) is 0 Å². The second-order valence-corrected chi connectivity index (χ2v) is 6.44. The third-order valence-corrected chi connectivity index (χ3v) is 4.25. The summed E-state index contributed by atoms with van der Waals surface area (Å²) in [5, 5.41) is 3.42. The minimum Gasteiger partial charge on any atom is -0.457 e. The molecule has 0 radical (unpaired) electrons. The van der Waals surface area contributed by atoms with E-state index in [1.807, 2.05) is 24.3 Å². The van der Waals surface area contributed by atoms with Crippen molar-refractivity contribution < 1.29 is 4.74 Å². The van der Waals surface area contributed by atoms with Gasteiger partial charge in [0.15, 0.2) is 0 Å². The van der Waals surface area contributed by atoms with Gasteiger partial charge in [0.2, 0.25) is 0 Å². The Morgan fingerprint density at radius 1 is 1.14 bits per heavy atom. The lowest BCUT2D eigenvalue weighted by Gasteiger charge is -2.13. The molecule has 0 saturated carbocycles. The Kier molecular flexibility index (Phi) is 5.43. The van der Waals surface area contributed by atoms with Crippen LogP contribution in [-0.2, 0) is 6.54 Å². The van der Waals surface area contributed by atoms with E-state index in [0.717, 1.165) is 22.5 Å². The van der Waals surface area contributed by atoms with Crippen molar-refractivity contribution in [2.45, 2.75) is 40.3 Å². The number of rotatable bonds is 5. The maximum Gasteiger partial charge on any atom is 0.130 e. The molecular formula is C18H22BrNO. The molecule has 0 unspecified atom stereocenters. The fourth-order valence-corrected chi connectivity index (χ4v) is 2.51. The van der Waals surface area contributed by atoms with Crippen molar-refractivity contribution in [3.05, 3.63) is 57.6 Å². The molecule has 2 rings (SSSR count). The van der Waals surface area contributed by atoms with Crippen LogP contribution < -0.4 is 10.1 Å². The van der Waals surface area contributed by atoms with Gasteiger partial charge in [0, 0.05) is 17.1 Å². The number of nitrogens with one attached hydrogen (secondary N) is 1. The number of hydrogen-bond acceptors (Lipinski definition) is 2. The molecule has 0 atom stereocenters. The molecule has 21 heavy (non-hydrogen) atoms. The van der Waals surface area contributed by atoms with Crippen molar-refractivity contribution >= 4 is 15.9 Å². The summed E-state index contributed by atoms with van der Waals surface area (Å²) in [4.78, 5) is 0. The molecule has 0 saturated heterocycles. The van der Waals surface area contributed by atoms with Crippen LogP contribution in [-0.4, -0.2) is 6.04 Å². The third kappa shape index (κ3) is 4.32. The molecule has 0 heterocycles. The van der Waals surface area contributed by atoms with Crippen LogP contribution in [0.15, 0.2) is 40.9 Å². The zero-order valence-corrected chi connectivity index (χ0v) is 14.6. The molecule has 0 aliphatic heterocycles. The molecule has 0 aliphatic rings. The van der Waals surface area contributed by atoms with Gasteiger partial charge in [-0.25, -0.2) is 0 Å². The van der Waals surface area contributed by atoms with E-state index < -0.39 is 0 Å². The Balaban J connectivity index is 2.15. The van der Waals surface area contributed by atoms with Crippen LogP contribution >= 0.6 is 15.9 Å². The highest BCUT2D eigenvalue weighted by Gasteiger charge is 2.06. The number of halogens is 1. The molecule has 2 nitrogen and oxygen atoms in total. The molecular weight excluding hydrogens is 326 g/mol. The maximum atomic E-state index is 6.00. The molecule has 0 fully saturated rings. The van der Waals surface area contributed by atoms with Gasteiger partial charge in [-0.1, -0.05) is 48.0 Å². The van der Waals surface area contributed by atoms with E-state index in [1.165, 1.54) is 16.7 Å². The fraction of sp³-hybridized carbons (Fsp3) is 0.333. The van der Waals surface area contributed by atoms with Gasteiger partial charge in [-0.15, -0.1) is 0 Å². The summed E-state index contributed by atoms with van der Waals surface area (Å²) in [6, 6.07) is 12.7. The molecule has 0 aliphatic carbocycles. The highest BCUT2D eigenvalue weighted by molar-refractivity contribution is 9.10. The zero-order valence-electron chi connectivity index (χ0n) is 13.0. The van der Waals surface area contributed by atoms with Crippen LogP contribution in [0.25, 0.3) is 0 Å². The van der Waals surface area contributed by atoms with Gasteiger partial charge < -0.3 is 10.1 Å². The quantitative estimate of drug-likeness (QED) is 0.786. The van der Waals surface area contributed by atoms with Gasteiger partial charge in [0.1, 0.15) is 11.5 Å². The number of benzene rings is 2. The summed E-state index contributed by atoms with van der Waals surface area (Å²) in [6.45, 7) is 9.32. The first-order valence-electron chi connectivity index (χ1n) is 7.23. The smallest absolute Gasteiger partial charge is 0.130 e. The highest BCUT2D eigenvalue weighted by Crippen LogP contribution is 2.30. The summed E-state index contributed by atoms with van der Waals surface area (Å²) in [7, 11) is 0. The third-order valence-electron chi connectivity index (χ3n) is 3.51. The van der Waals surface area contributed by atoms with Crippen LogP contribution in [0.5, 0.6) is 11.5 Å². The van der Waals surface area contributed by atoms with Gasteiger partial charge in [-0.3, -0.25) is 0 Å². The first kappa shape index (κ1) is 16.1. The maximum absolute atomic E-state index is 6.00. The Morgan fingerprint density at radius 3 is 2.57 bits per heavy atom. The Labute approximate surface area is 135 Å². The summed E-state index contributed by atoms with van der Waals surface area (Å²) < 4.78 is 7.07. The standard InChI is InChI=1S/C18H22BrNO/c1-12(2)20-11-15-8-9-16(10-17(15)19)21-18-7-5-6-13(3)14(18)4/h5-10,12,20H,11H2,1-4H3. The van der Waals surface area contributed by atoms with Gasteiger partial charge >= 0.3 is 0 Å². The number of hydrogen-bond donors (Lipinski definition) is 1. The Morgan fingerprint density at radius 2 is 1.90 bits per heavy atom. The molecule has 2 aromatic rings. The van der Waals surface area contributed by atoms with E-state index in [-0.39, 0.29) is 0 Å². The predicted molar refractivity (Wildman–Crippen MR) is 92.1 cm³/mol. The van der Waals surface area contributed by atoms with E-state index in [1.54, 1.807) is 0 Å². The van der Waals surface area contributed by atoms with E-state index in [4.69, 9.17) is 4.74 Å². The molecule has 0 amide bonds. The second kappa shape index (κ2) is 7.10. The molecule has 0 aromatic heterocycles. The Bertz CT molecular complexity index is 623. The normalized spacial score (nSPS) is 11.0. The van der Waals surface area contributed by atoms with E-state index in [2.05, 4.69) is 61.1 Å². The number of aryl methyl sites for hydroxylation is 1.